The average Bonchev–Trinajstić information content (AvgIpc) is 2.42. The maximum absolute atomic E-state index is 12.2. The highest BCUT2D eigenvalue weighted by molar-refractivity contribution is 6.33. The first-order valence-corrected chi connectivity index (χ1v) is 7.59. The Hall–Kier alpha value is -0.900. The Kier molecular flexibility index (Phi) is 5.19. The molecule has 0 radical (unpaired) electrons. The predicted molar refractivity (Wildman–Crippen MR) is 83.5 cm³/mol. The lowest BCUT2D eigenvalue weighted by Crippen LogP contribution is -2.55. The zero-order valence-electron chi connectivity index (χ0n) is 12.5. The lowest BCUT2D eigenvalue weighted by molar-refractivity contribution is 0.0575. The summed E-state index contributed by atoms with van der Waals surface area (Å²) in [5.74, 6) is 0.134. The fraction of sp³-hybridized carbons (Fsp3) is 0.562. The van der Waals surface area contributed by atoms with E-state index in [2.05, 4.69) is 30.7 Å². The van der Waals surface area contributed by atoms with Crippen molar-refractivity contribution in [2.75, 3.05) is 26.7 Å². The van der Waals surface area contributed by atoms with Crippen LogP contribution in [0.2, 0.25) is 5.02 Å². The van der Waals surface area contributed by atoms with Crippen LogP contribution in [0.5, 0.6) is 0 Å². The Morgan fingerprint density at radius 1 is 1.25 bits per heavy atom. The van der Waals surface area contributed by atoms with Gasteiger partial charge < -0.3 is 0 Å². The van der Waals surface area contributed by atoms with Crippen LogP contribution in [0.4, 0.5) is 0 Å². The van der Waals surface area contributed by atoms with Crippen LogP contribution in [-0.4, -0.2) is 54.3 Å². The maximum Gasteiger partial charge on any atom is 0.165 e. The summed E-state index contributed by atoms with van der Waals surface area (Å²) in [6.45, 7) is 7.33. The minimum absolute atomic E-state index is 0.134. The lowest BCUT2D eigenvalue weighted by atomic mass is 10.1. The highest BCUT2D eigenvalue weighted by Crippen LogP contribution is 2.18. The predicted octanol–water partition coefficient (Wildman–Crippen LogP) is 2.94. The molecule has 1 heterocycles. The average molecular weight is 295 g/mol. The minimum atomic E-state index is 0.134. The van der Waals surface area contributed by atoms with Gasteiger partial charge in [0, 0.05) is 43.7 Å². The van der Waals surface area contributed by atoms with E-state index in [1.807, 2.05) is 12.1 Å². The summed E-state index contributed by atoms with van der Waals surface area (Å²) in [4.78, 5) is 17.0. The molecule has 0 amide bonds. The smallest absolute Gasteiger partial charge is 0.165 e. The van der Waals surface area contributed by atoms with E-state index in [0.29, 0.717) is 29.1 Å². The number of benzene rings is 1. The van der Waals surface area contributed by atoms with E-state index in [1.54, 1.807) is 12.1 Å². The van der Waals surface area contributed by atoms with Crippen LogP contribution in [0.15, 0.2) is 24.3 Å². The van der Waals surface area contributed by atoms with Gasteiger partial charge in [0.2, 0.25) is 0 Å². The largest absolute Gasteiger partial charge is 0.300 e. The van der Waals surface area contributed by atoms with Crippen LogP contribution < -0.4 is 0 Å². The Balaban J connectivity index is 1.90. The van der Waals surface area contributed by atoms with E-state index >= 15 is 0 Å². The molecule has 0 aliphatic carbocycles. The monoisotopic (exact) mass is 294 g/mol. The van der Waals surface area contributed by atoms with Gasteiger partial charge in [-0.1, -0.05) is 23.7 Å². The fourth-order valence-corrected chi connectivity index (χ4v) is 3.02. The second kappa shape index (κ2) is 6.70. The number of carbonyl (C=O) groups excluding carboxylic acids is 1. The SMILES string of the molecule is CC1CN(CCC(=O)c2ccccc2Cl)CC(C)N1C. The molecular formula is C16H23ClN2O. The number of hydrogen-bond acceptors (Lipinski definition) is 3. The van der Waals surface area contributed by atoms with E-state index in [4.69, 9.17) is 11.6 Å². The Morgan fingerprint density at radius 2 is 1.85 bits per heavy atom. The van der Waals surface area contributed by atoms with Crippen LogP contribution >= 0.6 is 11.6 Å². The highest BCUT2D eigenvalue weighted by atomic mass is 35.5. The zero-order chi connectivity index (χ0) is 14.7. The number of Topliss-reactive ketones (excluding diaryl/α,β-unsaturated/α-hetero) is 1. The van der Waals surface area contributed by atoms with Crippen molar-refractivity contribution in [2.24, 2.45) is 0 Å². The molecule has 1 aromatic carbocycles. The van der Waals surface area contributed by atoms with Crippen molar-refractivity contribution in [1.82, 2.24) is 9.80 Å². The number of nitrogens with zero attached hydrogens (tertiary/aromatic N) is 2. The first-order valence-electron chi connectivity index (χ1n) is 7.21. The zero-order valence-corrected chi connectivity index (χ0v) is 13.2. The van der Waals surface area contributed by atoms with Crippen LogP contribution in [0.3, 0.4) is 0 Å². The summed E-state index contributed by atoms with van der Waals surface area (Å²) in [7, 11) is 2.17. The maximum atomic E-state index is 12.2. The molecule has 4 heteroatoms. The molecule has 0 N–H and O–H groups in total. The van der Waals surface area contributed by atoms with Gasteiger partial charge in [-0.05, 0) is 33.0 Å². The van der Waals surface area contributed by atoms with Gasteiger partial charge in [0.05, 0.1) is 5.02 Å². The summed E-state index contributed by atoms with van der Waals surface area (Å²) in [6, 6.07) is 8.36. The van der Waals surface area contributed by atoms with Crippen LogP contribution in [0.1, 0.15) is 30.6 Å². The summed E-state index contributed by atoms with van der Waals surface area (Å²) in [5.41, 5.74) is 0.643. The van der Waals surface area contributed by atoms with Gasteiger partial charge in [0.1, 0.15) is 0 Å². The van der Waals surface area contributed by atoms with Crippen molar-refractivity contribution in [3.8, 4) is 0 Å². The molecule has 0 saturated carbocycles. The van der Waals surface area contributed by atoms with E-state index < -0.39 is 0 Å². The molecule has 0 spiro atoms. The van der Waals surface area contributed by atoms with Gasteiger partial charge in [-0.3, -0.25) is 14.6 Å². The standard InChI is InChI=1S/C16H23ClN2O/c1-12-10-19(11-13(2)18(12)3)9-8-16(20)14-6-4-5-7-15(14)17/h4-7,12-13H,8-11H2,1-3H3. The van der Waals surface area contributed by atoms with Crippen molar-refractivity contribution in [2.45, 2.75) is 32.4 Å². The lowest BCUT2D eigenvalue weighted by Gasteiger charge is -2.42. The molecule has 0 aromatic heterocycles. The Morgan fingerprint density at radius 3 is 2.45 bits per heavy atom. The van der Waals surface area contributed by atoms with E-state index in [-0.39, 0.29) is 5.78 Å². The number of piperazine rings is 1. The van der Waals surface area contributed by atoms with Gasteiger partial charge in [-0.2, -0.15) is 0 Å². The molecule has 1 aromatic rings. The van der Waals surface area contributed by atoms with Gasteiger partial charge in [0.25, 0.3) is 0 Å². The van der Waals surface area contributed by atoms with Crippen LogP contribution in [0, 0.1) is 0 Å². The molecule has 2 rings (SSSR count). The number of carbonyl (C=O) groups is 1. The Bertz CT molecular complexity index is 465. The minimum Gasteiger partial charge on any atom is -0.300 e. The molecule has 1 fully saturated rings. The number of rotatable bonds is 4. The van der Waals surface area contributed by atoms with Gasteiger partial charge in [-0.15, -0.1) is 0 Å². The number of ketones is 1. The summed E-state index contributed by atoms with van der Waals surface area (Å²) in [6.07, 6.45) is 0.535. The summed E-state index contributed by atoms with van der Waals surface area (Å²) < 4.78 is 0. The third-order valence-electron chi connectivity index (χ3n) is 4.26. The highest BCUT2D eigenvalue weighted by Gasteiger charge is 2.26. The van der Waals surface area contributed by atoms with Crippen molar-refractivity contribution >= 4 is 17.4 Å². The van der Waals surface area contributed by atoms with E-state index in [0.717, 1.165) is 19.6 Å². The third kappa shape index (κ3) is 3.60. The van der Waals surface area contributed by atoms with E-state index in [1.165, 1.54) is 0 Å². The second-order valence-corrected chi connectivity index (χ2v) is 6.18. The Labute approximate surface area is 126 Å². The topological polar surface area (TPSA) is 23.6 Å². The van der Waals surface area contributed by atoms with E-state index in [9.17, 15) is 4.79 Å². The number of hydrogen-bond donors (Lipinski definition) is 0. The quantitative estimate of drug-likeness (QED) is 0.798. The van der Waals surface area contributed by atoms with Crippen LogP contribution in [0.25, 0.3) is 0 Å². The summed E-state index contributed by atoms with van der Waals surface area (Å²) >= 11 is 6.06. The molecule has 1 saturated heterocycles. The molecule has 2 atom stereocenters. The molecule has 3 nitrogen and oxygen atoms in total. The van der Waals surface area contributed by atoms with Gasteiger partial charge in [0.15, 0.2) is 5.78 Å². The molecular weight excluding hydrogens is 272 g/mol. The number of likely N-dealkylation sites (N-methyl/N-ethyl adjacent to an activating group) is 1. The van der Waals surface area contributed by atoms with Gasteiger partial charge in [-0.25, -0.2) is 0 Å². The van der Waals surface area contributed by atoms with Crippen LogP contribution in [-0.2, 0) is 0 Å². The number of halogens is 1. The molecule has 1 aliphatic rings. The molecule has 1 aliphatic heterocycles. The van der Waals surface area contributed by atoms with Gasteiger partial charge >= 0.3 is 0 Å². The van der Waals surface area contributed by atoms with Crippen molar-refractivity contribution in [3.05, 3.63) is 34.9 Å². The first kappa shape index (κ1) is 15.5. The van der Waals surface area contributed by atoms with Crippen molar-refractivity contribution in [1.29, 1.82) is 0 Å². The molecule has 110 valence electrons. The normalized spacial score (nSPS) is 24.8. The fourth-order valence-electron chi connectivity index (χ4n) is 2.78. The molecule has 2 unspecified atom stereocenters. The molecule has 20 heavy (non-hydrogen) atoms. The van der Waals surface area contributed by atoms with Crippen molar-refractivity contribution < 1.29 is 4.79 Å². The second-order valence-electron chi connectivity index (χ2n) is 5.78. The molecule has 0 bridgehead atoms. The summed E-state index contributed by atoms with van der Waals surface area (Å²) in [5, 5.41) is 0.553. The first-order chi connectivity index (χ1) is 9.49. The third-order valence-corrected chi connectivity index (χ3v) is 4.59. The van der Waals surface area contributed by atoms with Crippen molar-refractivity contribution in [3.63, 3.8) is 0 Å².